The van der Waals surface area contributed by atoms with Crippen LogP contribution in [0.2, 0.25) is 0 Å². The average Bonchev–Trinajstić information content (AvgIpc) is 2.55. The largest absolute Gasteiger partial charge is 0.348 e. The summed E-state index contributed by atoms with van der Waals surface area (Å²) in [5.74, 6) is 0.983. The number of hydrogen-bond acceptors (Lipinski definition) is 1. The summed E-state index contributed by atoms with van der Waals surface area (Å²) in [5.41, 5.74) is 0. The van der Waals surface area contributed by atoms with E-state index in [-0.39, 0.29) is 0 Å². The van der Waals surface area contributed by atoms with Crippen molar-refractivity contribution in [3.05, 3.63) is 35.5 Å². The SMILES string of the molecule is S=c1[nH]ccn1-c1ccc[nH]1. The molecule has 0 bridgehead atoms. The topological polar surface area (TPSA) is 36.5 Å². The van der Waals surface area contributed by atoms with Gasteiger partial charge in [0, 0.05) is 18.6 Å². The van der Waals surface area contributed by atoms with Gasteiger partial charge in [-0.3, -0.25) is 4.57 Å². The van der Waals surface area contributed by atoms with Crippen LogP contribution in [0.5, 0.6) is 0 Å². The van der Waals surface area contributed by atoms with Crippen LogP contribution >= 0.6 is 12.2 Å². The van der Waals surface area contributed by atoms with Crippen LogP contribution in [-0.2, 0) is 0 Å². The quantitative estimate of drug-likeness (QED) is 0.622. The fourth-order valence-corrected chi connectivity index (χ4v) is 1.21. The number of H-pyrrole nitrogens is 2. The third-order valence-electron chi connectivity index (χ3n) is 1.49. The summed E-state index contributed by atoms with van der Waals surface area (Å²) in [6.45, 7) is 0. The van der Waals surface area contributed by atoms with Crippen molar-refractivity contribution in [3.63, 3.8) is 0 Å². The molecule has 0 unspecified atom stereocenters. The molecule has 2 heterocycles. The third-order valence-corrected chi connectivity index (χ3v) is 1.80. The van der Waals surface area contributed by atoms with E-state index in [1.807, 2.05) is 35.3 Å². The summed E-state index contributed by atoms with van der Waals surface area (Å²) in [4.78, 5) is 5.97. The smallest absolute Gasteiger partial charge is 0.182 e. The van der Waals surface area contributed by atoms with Crippen molar-refractivity contribution < 1.29 is 0 Å². The maximum absolute atomic E-state index is 5.02. The monoisotopic (exact) mass is 165 g/mol. The summed E-state index contributed by atoms with van der Waals surface area (Å²) in [5, 5.41) is 0. The van der Waals surface area contributed by atoms with Crippen LogP contribution in [-0.4, -0.2) is 14.5 Å². The van der Waals surface area contributed by atoms with E-state index >= 15 is 0 Å². The van der Waals surface area contributed by atoms with Gasteiger partial charge in [-0.2, -0.15) is 0 Å². The van der Waals surface area contributed by atoms with Crippen LogP contribution in [0.15, 0.2) is 30.7 Å². The molecular formula is C7H7N3S. The Labute approximate surface area is 68.7 Å². The first-order chi connectivity index (χ1) is 5.38. The highest BCUT2D eigenvalue weighted by molar-refractivity contribution is 7.71. The fraction of sp³-hybridized carbons (Fsp3) is 0. The lowest BCUT2D eigenvalue weighted by molar-refractivity contribution is 0.990. The van der Waals surface area contributed by atoms with Crippen molar-refractivity contribution in [2.75, 3.05) is 0 Å². The summed E-state index contributed by atoms with van der Waals surface area (Å²) < 4.78 is 2.57. The van der Waals surface area contributed by atoms with Gasteiger partial charge in [0.15, 0.2) is 4.77 Å². The highest BCUT2D eigenvalue weighted by Gasteiger charge is 1.94. The molecule has 2 N–H and O–H groups in total. The van der Waals surface area contributed by atoms with Crippen LogP contribution in [0, 0.1) is 4.77 Å². The van der Waals surface area contributed by atoms with Gasteiger partial charge in [-0.25, -0.2) is 0 Å². The second-order valence-corrected chi connectivity index (χ2v) is 2.58. The molecule has 0 aliphatic rings. The maximum Gasteiger partial charge on any atom is 0.182 e. The van der Waals surface area contributed by atoms with E-state index in [1.165, 1.54) is 0 Å². The van der Waals surface area contributed by atoms with Gasteiger partial charge in [-0.05, 0) is 24.4 Å². The second kappa shape index (κ2) is 2.39. The Kier molecular flexibility index (Phi) is 1.40. The minimum atomic E-state index is 0.701. The Morgan fingerprint density at radius 2 is 2.18 bits per heavy atom. The van der Waals surface area contributed by atoms with Crippen molar-refractivity contribution in [2.24, 2.45) is 0 Å². The molecule has 0 saturated heterocycles. The summed E-state index contributed by atoms with van der Waals surface area (Å²) in [6, 6.07) is 3.90. The predicted octanol–water partition coefficient (Wildman–Crippen LogP) is 1.86. The predicted molar refractivity (Wildman–Crippen MR) is 45.3 cm³/mol. The lowest BCUT2D eigenvalue weighted by Gasteiger charge is -1.94. The lowest BCUT2D eigenvalue weighted by Crippen LogP contribution is -1.90. The van der Waals surface area contributed by atoms with Crippen LogP contribution in [0.4, 0.5) is 0 Å². The zero-order valence-corrected chi connectivity index (χ0v) is 6.56. The molecule has 0 amide bonds. The molecular weight excluding hydrogens is 158 g/mol. The van der Waals surface area contributed by atoms with E-state index in [4.69, 9.17) is 12.2 Å². The Bertz CT molecular complexity index is 382. The number of aromatic amines is 2. The van der Waals surface area contributed by atoms with E-state index in [1.54, 1.807) is 0 Å². The molecule has 56 valence electrons. The molecule has 4 heteroatoms. The Balaban J connectivity index is 2.62. The highest BCUT2D eigenvalue weighted by Crippen LogP contribution is 2.03. The number of imidazole rings is 1. The molecule has 0 radical (unpaired) electrons. The number of nitrogens with one attached hydrogen (secondary N) is 2. The van der Waals surface area contributed by atoms with E-state index in [9.17, 15) is 0 Å². The standard InChI is InChI=1S/C7H7N3S/c11-7-9-4-5-10(7)6-2-1-3-8-6/h1-5,8H,(H,9,11). The molecule has 0 fully saturated rings. The first-order valence-corrected chi connectivity index (χ1v) is 3.68. The van der Waals surface area contributed by atoms with Gasteiger partial charge < -0.3 is 9.97 Å². The molecule has 2 aromatic heterocycles. The van der Waals surface area contributed by atoms with Crippen LogP contribution in [0.1, 0.15) is 0 Å². The van der Waals surface area contributed by atoms with Gasteiger partial charge in [0.2, 0.25) is 0 Å². The Morgan fingerprint density at radius 1 is 1.27 bits per heavy atom. The van der Waals surface area contributed by atoms with Crippen molar-refractivity contribution in [1.82, 2.24) is 14.5 Å². The zero-order valence-electron chi connectivity index (χ0n) is 5.74. The molecule has 11 heavy (non-hydrogen) atoms. The molecule has 2 aromatic rings. The maximum atomic E-state index is 5.02. The molecule has 0 aliphatic heterocycles. The molecule has 0 aromatic carbocycles. The lowest BCUT2D eigenvalue weighted by atomic mass is 10.6. The summed E-state index contributed by atoms with van der Waals surface area (Å²) in [6.07, 6.45) is 5.56. The van der Waals surface area contributed by atoms with Gasteiger partial charge in [0.25, 0.3) is 0 Å². The average molecular weight is 165 g/mol. The molecule has 3 nitrogen and oxygen atoms in total. The number of nitrogens with zero attached hydrogens (tertiary/aromatic N) is 1. The van der Waals surface area contributed by atoms with Crippen LogP contribution in [0.3, 0.4) is 0 Å². The fourth-order valence-electron chi connectivity index (χ4n) is 0.981. The number of aromatic nitrogens is 3. The van der Waals surface area contributed by atoms with Crippen molar-refractivity contribution in [2.45, 2.75) is 0 Å². The summed E-state index contributed by atoms with van der Waals surface area (Å²) >= 11 is 5.02. The molecule has 0 saturated carbocycles. The van der Waals surface area contributed by atoms with E-state index in [2.05, 4.69) is 9.97 Å². The molecule has 0 aliphatic carbocycles. The molecule has 2 rings (SSSR count). The van der Waals surface area contributed by atoms with Crippen molar-refractivity contribution in [1.29, 1.82) is 0 Å². The Morgan fingerprint density at radius 3 is 2.73 bits per heavy atom. The highest BCUT2D eigenvalue weighted by atomic mass is 32.1. The zero-order chi connectivity index (χ0) is 7.68. The minimum absolute atomic E-state index is 0.701. The van der Waals surface area contributed by atoms with Crippen molar-refractivity contribution in [3.8, 4) is 5.82 Å². The van der Waals surface area contributed by atoms with Crippen LogP contribution < -0.4 is 0 Å². The first-order valence-electron chi connectivity index (χ1n) is 3.28. The third kappa shape index (κ3) is 1.01. The van der Waals surface area contributed by atoms with Crippen LogP contribution in [0.25, 0.3) is 5.82 Å². The molecule has 0 spiro atoms. The van der Waals surface area contributed by atoms with Gasteiger partial charge in [0.1, 0.15) is 5.82 Å². The van der Waals surface area contributed by atoms with Gasteiger partial charge in [-0.15, -0.1) is 0 Å². The van der Waals surface area contributed by atoms with E-state index < -0.39 is 0 Å². The van der Waals surface area contributed by atoms with E-state index in [0.29, 0.717) is 4.77 Å². The van der Waals surface area contributed by atoms with Gasteiger partial charge >= 0.3 is 0 Å². The first kappa shape index (κ1) is 6.42. The normalized spacial score (nSPS) is 10.2. The second-order valence-electron chi connectivity index (χ2n) is 2.19. The molecule has 0 atom stereocenters. The summed E-state index contributed by atoms with van der Waals surface area (Å²) in [7, 11) is 0. The van der Waals surface area contributed by atoms with Gasteiger partial charge in [0.05, 0.1) is 0 Å². The van der Waals surface area contributed by atoms with Gasteiger partial charge in [-0.1, -0.05) is 0 Å². The minimum Gasteiger partial charge on any atom is -0.348 e. The Hall–Kier alpha value is -1.29. The van der Waals surface area contributed by atoms with Crippen molar-refractivity contribution >= 4 is 12.2 Å². The number of hydrogen-bond donors (Lipinski definition) is 2. The van der Waals surface area contributed by atoms with E-state index in [0.717, 1.165) is 5.82 Å². The number of rotatable bonds is 1.